The molecule has 0 aromatic rings. The van der Waals surface area contributed by atoms with E-state index in [2.05, 4.69) is 6.92 Å². The Morgan fingerprint density at radius 1 is 0.692 bits per heavy atom. The average molecular weight is 417 g/mol. The first-order chi connectivity index (χ1) is 11.9. The van der Waals surface area contributed by atoms with Gasteiger partial charge in [0.2, 0.25) is 0 Å². The molecule has 0 aromatic heterocycles. The summed E-state index contributed by atoms with van der Waals surface area (Å²) >= 11 is 0. The van der Waals surface area contributed by atoms with Crippen LogP contribution in [0.4, 0.5) is 0 Å². The molecule has 2 atom stereocenters. The smallest absolute Gasteiger partial charge is 0.748 e. The van der Waals surface area contributed by atoms with Crippen LogP contribution >= 0.6 is 0 Å². The van der Waals surface area contributed by atoms with Gasteiger partial charge in [-0.15, -0.1) is 0 Å². The van der Waals surface area contributed by atoms with Crippen molar-refractivity contribution < 1.29 is 69.5 Å². The van der Waals surface area contributed by atoms with Crippen molar-refractivity contribution in [3.8, 4) is 0 Å². The monoisotopic (exact) mass is 416 g/mol. The van der Waals surface area contributed by atoms with Gasteiger partial charge < -0.3 is 9.66 Å². The number of aliphatic hydroxyl groups excluding tert-OH is 1. The third-order valence-corrected chi connectivity index (χ3v) is 6.28. The molecule has 0 bridgehead atoms. The van der Waals surface area contributed by atoms with E-state index in [9.17, 15) is 18.1 Å². The van der Waals surface area contributed by atoms with Crippen LogP contribution < -0.4 is 51.4 Å². The molecule has 0 fully saturated rings. The maximum atomic E-state index is 11.2. The van der Waals surface area contributed by atoms with Crippen LogP contribution in [0, 0.1) is 0 Å². The Morgan fingerprint density at radius 2 is 1.08 bits per heavy atom. The van der Waals surface area contributed by atoms with Crippen LogP contribution in [-0.4, -0.2) is 29.4 Å². The van der Waals surface area contributed by atoms with Gasteiger partial charge in [-0.05, 0) is 25.7 Å². The van der Waals surface area contributed by atoms with Gasteiger partial charge in [0.25, 0.3) is 0 Å². The van der Waals surface area contributed by atoms with Crippen molar-refractivity contribution in [2.24, 2.45) is 0 Å². The maximum absolute atomic E-state index is 11.2. The van der Waals surface area contributed by atoms with E-state index in [1.165, 1.54) is 38.5 Å². The van der Waals surface area contributed by atoms with E-state index in [4.69, 9.17) is 0 Å². The summed E-state index contributed by atoms with van der Waals surface area (Å²) in [6, 6.07) is 0. The molecule has 0 saturated carbocycles. The summed E-state index contributed by atoms with van der Waals surface area (Å²) in [6.07, 6.45) is 15.5. The average Bonchev–Trinajstić information content (AvgIpc) is 2.55. The molecule has 2 unspecified atom stereocenters. The Hall–Kier alpha value is 1.51. The van der Waals surface area contributed by atoms with E-state index in [-0.39, 0.29) is 57.5 Å². The summed E-state index contributed by atoms with van der Waals surface area (Å²) in [4.78, 5) is 0. The number of aliphatic hydroxyl groups is 1. The quantitative estimate of drug-likeness (QED) is 0.212. The molecule has 0 radical (unpaired) electrons. The van der Waals surface area contributed by atoms with Crippen LogP contribution in [0.25, 0.3) is 0 Å². The predicted octanol–water partition coefficient (Wildman–Crippen LogP) is 2.55. The molecule has 0 aliphatic rings. The van der Waals surface area contributed by atoms with Crippen molar-refractivity contribution in [2.45, 2.75) is 128 Å². The van der Waals surface area contributed by atoms with Crippen molar-refractivity contribution in [3.05, 3.63) is 0 Å². The normalized spacial score (nSPS) is 14.0. The van der Waals surface area contributed by atoms with E-state index in [1.54, 1.807) is 0 Å². The summed E-state index contributed by atoms with van der Waals surface area (Å²) < 4.78 is 33.7. The third kappa shape index (κ3) is 18.9. The van der Waals surface area contributed by atoms with Crippen LogP contribution in [0.15, 0.2) is 0 Å². The number of unbranched alkanes of at least 4 members (excludes halogenated alkanes) is 9. The van der Waals surface area contributed by atoms with Crippen molar-refractivity contribution in [2.75, 3.05) is 0 Å². The molecule has 1 N–H and O–H groups in total. The van der Waals surface area contributed by atoms with E-state index in [0.29, 0.717) is 12.8 Å². The van der Waals surface area contributed by atoms with E-state index < -0.39 is 15.4 Å². The van der Waals surface area contributed by atoms with E-state index in [0.717, 1.165) is 51.4 Å². The number of hydrogen-bond donors (Lipinski definition) is 1. The van der Waals surface area contributed by atoms with Crippen LogP contribution in [-0.2, 0) is 10.1 Å². The SMILES string of the molecule is CCCCCCCCCC(O)CCCCCC(CCCC)S(=O)(=O)[O-].[K+]. The van der Waals surface area contributed by atoms with Crippen LogP contribution in [0.1, 0.15) is 117 Å². The van der Waals surface area contributed by atoms with Gasteiger partial charge in [-0.3, -0.25) is 0 Å². The van der Waals surface area contributed by atoms with E-state index in [1.807, 2.05) is 6.92 Å². The minimum Gasteiger partial charge on any atom is -0.748 e. The summed E-state index contributed by atoms with van der Waals surface area (Å²) in [7, 11) is -4.16. The van der Waals surface area contributed by atoms with Gasteiger partial charge in [0.15, 0.2) is 0 Å². The Bertz CT molecular complexity index is 387. The molecular formula is C20H41KO4S. The zero-order valence-corrected chi connectivity index (χ0v) is 21.5. The minimum absolute atomic E-state index is 0. The maximum Gasteiger partial charge on any atom is 1.00 e. The zero-order chi connectivity index (χ0) is 19.0. The van der Waals surface area contributed by atoms with Crippen molar-refractivity contribution in [1.82, 2.24) is 0 Å². The Balaban J connectivity index is 0. The van der Waals surface area contributed by atoms with Crippen molar-refractivity contribution >= 4 is 10.1 Å². The first-order valence-electron chi connectivity index (χ1n) is 10.5. The summed E-state index contributed by atoms with van der Waals surface area (Å²) in [6.45, 7) is 4.22. The van der Waals surface area contributed by atoms with E-state index >= 15 is 0 Å². The first-order valence-corrected chi connectivity index (χ1v) is 12.0. The summed E-state index contributed by atoms with van der Waals surface area (Å²) in [5, 5.41) is 9.28. The summed E-state index contributed by atoms with van der Waals surface area (Å²) in [5.41, 5.74) is 0. The molecule has 6 heteroatoms. The molecular weight excluding hydrogens is 375 g/mol. The predicted molar refractivity (Wildman–Crippen MR) is 105 cm³/mol. The summed E-state index contributed by atoms with van der Waals surface area (Å²) in [5.74, 6) is 0. The zero-order valence-electron chi connectivity index (χ0n) is 17.5. The Labute approximate surface area is 205 Å². The fraction of sp³-hybridized carbons (Fsp3) is 1.00. The van der Waals surface area contributed by atoms with Crippen LogP contribution in [0.2, 0.25) is 0 Å². The van der Waals surface area contributed by atoms with Gasteiger partial charge in [0.05, 0.1) is 16.2 Å². The molecule has 0 aromatic carbocycles. The second-order valence-electron chi connectivity index (χ2n) is 7.46. The van der Waals surface area contributed by atoms with Gasteiger partial charge in [-0.2, -0.15) is 0 Å². The molecule has 0 saturated heterocycles. The van der Waals surface area contributed by atoms with Crippen molar-refractivity contribution in [1.29, 1.82) is 0 Å². The van der Waals surface area contributed by atoms with Crippen LogP contribution in [0.3, 0.4) is 0 Å². The van der Waals surface area contributed by atoms with Gasteiger partial charge in [-0.1, -0.05) is 90.9 Å². The first kappa shape index (κ1) is 29.7. The van der Waals surface area contributed by atoms with Gasteiger partial charge in [0.1, 0.15) is 0 Å². The van der Waals surface area contributed by atoms with Gasteiger partial charge in [0, 0.05) is 5.25 Å². The molecule has 0 aliphatic heterocycles. The molecule has 152 valence electrons. The number of hydrogen-bond acceptors (Lipinski definition) is 4. The number of rotatable bonds is 18. The standard InChI is InChI=1S/C20H42O4S.K/c1-3-5-7-8-9-10-12-15-19(21)16-13-11-14-18-20(17-6-4-2)25(22,23)24;/h19-21H,3-18H2,1-2H3,(H,22,23,24);/q;+1/p-1. The minimum atomic E-state index is -4.16. The molecule has 0 heterocycles. The molecule has 0 spiro atoms. The molecule has 0 rings (SSSR count). The Kier molecular flexibility index (Phi) is 22.6. The third-order valence-electron chi connectivity index (χ3n) is 4.99. The fourth-order valence-electron chi connectivity index (χ4n) is 3.27. The topological polar surface area (TPSA) is 77.4 Å². The fourth-order valence-corrected chi connectivity index (χ4v) is 4.19. The largest absolute Gasteiger partial charge is 1.00 e. The van der Waals surface area contributed by atoms with Crippen LogP contribution in [0.5, 0.6) is 0 Å². The van der Waals surface area contributed by atoms with Gasteiger partial charge in [-0.25, -0.2) is 8.42 Å². The van der Waals surface area contributed by atoms with Gasteiger partial charge >= 0.3 is 51.4 Å². The second kappa shape index (κ2) is 19.8. The Morgan fingerprint density at radius 3 is 1.58 bits per heavy atom. The second-order valence-corrected chi connectivity index (χ2v) is 9.11. The molecule has 0 amide bonds. The molecule has 4 nitrogen and oxygen atoms in total. The van der Waals surface area contributed by atoms with Crippen molar-refractivity contribution in [3.63, 3.8) is 0 Å². The molecule has 0 aliphatic carbocycles. The molecule has 26 heavy (non-hydrogen) atoms.